The zero-order chi connectivity index (χ0) is 13.5. The lowest BCUT2D eigenvalue weighted by Crippen LogP contribution is -2.29. The van der Waals surface area contributed by atoms with E-state index in [4.69, 9.17) is 19.9 Å². The normalized spacial score (nSPS) is 15.3. The van der Waals surface area contributed by atoms with Crippen LogP contribution in [0.1, 0.15) is 13.8 Å². The van der Waals surface area contributed by atoms with E-state index in [1.54, 1.807) is 24.4 Å². The lowest BCUT2D eigenvalue weighted by atomic mass is 10.3. The number of nitrogens with two attached hydrogens (primary N) is 1. The number of hydrogen-bond donors (Lipinski definition) is 1. The SMILES string of the molecule is CC1(C)Oc2cccc(Oc3ncccc3N)c2O1. The monoisotopic (exact) mass is 258 g/mol. The first-order valence-corrected chi connectivity index (χ1v) is 5.94. The number of fused-ring (bicyclic) bond motifs is 1. The highest BCUT2D eigenvalue weighted by Crippen LogP contribution is 2.47. The van der Waals surface area contributed by atoms with Gasteiger partial charge in [0.25, 0.3) is 0 Å². The zero-order valence-corrected chi connectivity index (χ0v) is 10.7. The number of nitrogen functional groups attached to an aromatic ring is 1. The van der Waals surface area contributed by atoms with Gasteiger partial charge in [0.2, 0.25) is 17.4 Å². The van der Waals surface area contributed by atoms with Crippen LogP contribution in [-0.2, 0) is 0 Å². The van der Waals surface area contributed by atoms with Crippen molar-refractivity contribution in [3.05, 3.63) is 36.5 Å². The van der Waals surface area contributed by atoms with Gasteiger partial charge in [-0.3, -0.25) is 0 Å². The van der Waals surface area contributed by atoms with Crippen LogP contribution in [0.5, 0.6) is 23.1 Å². The van der Waals surface area contributed by atoms with Crippen LogP contribution >= 0.6 is 0 Å². The van der Waals surface area contributed by atoms with Gasteiger partial charge in [0.15, 0.2) is 11.5 Å². The molecule has 19 heavy (non-hydrogen) atoms. The Morgan fingerprint density at radius 2 is 2.00 bits per heavy atom. The van der Waals surface area contributed by atoms with E-state index in [0.717, 1.165) is 0 Å². The Hall–Kier alpha value is -2.43. The van der Waals surface area contributed by atoms with Gasteiger partial charge in [0, 0.05) is 20.0 Å². The quantitative estimate of drug-likeness (QED) is 0.897. The second-order valence-corrected chi connectivity index (χ2v) is 4.69. The highest BCUT2D eigenvalue weighted by Gasteiger charge is 2.34. The summed E-state index contributed by atoms with van der Waals surface area (Å²) in [6.07, 6.45) is 1.62. The van der Waals surface area contributed by atoms with Crippen molar-refractivity contribution in [2.45, 2.75) is 19.6 Å². The van der Waals surface area contributed by atoms with Crippen LogP contribution < -0.4 is 19.9 Å². The number of pyridine rings is 1. The fourth-order valence-electron chi connectivity index (χ4n) is 1.88. The molecule has 0 radical (unpaired) electrons. The maximum absolute atomic E-state index is 5.81. The minimum absolute atomic E-state index is 0.351. The van der Waals surface area contributed by atoms with Gasteiger partial charge >= 0.3 is 0 Å². The summed E-state index contributed by atoms with van der Waals surface area (Å²) >= 11 is 0. The molecule has 5 heteroatoms. The Balaban J connectivity index is 1.96. The van der Waals surface area contributed by atoms with Crippen LogP contribution in [0.3, 0.4) is 0 Å². The highest BCUT2D eigenvalue weighted by molar-refractivity contribution is 5.56. The van der Waals surface area contributed by atoms with Gasteiger partial charge in [-0.1, -0.05) is 6.07 Å². The van der Waals surface area contributed by atoms with Crippen molar-refractivity contribution in [1.82, 2.24) is 4.98 Å². The van der Waals surface area contributed by atoms with Crippen LogP contribution in [0.4, 0.5) is 5.69 Å². The Morgan fingerprint density at radius 3 is 2.79 bits per heavy atom. The zero-order valence-electron chi connectivity index (χ0n) is 10.7. The number of benzene rings is 1. The minimum Gasteiger partial charge on any atom is -0.449 e. The molecule has 0 saturated carbocycles. The molecule has 2 N–H and O–H groups in total. The molecule has 0 saturated heterocycles. The molecule has 0 spiro atoms. The Morgan fingerprint density at radius 1 is 1.16 bits per heavy atom. The van der Waals surface area contributed by atoms with E-state index in [9.17, 15) is 0 Å². The topological polar surface area (TPSA) is 66.6 Å². The summed E-state index contributed by atoms with van der Waals surface area (Å²) in [6, 6.07) is 8.93. The molecule has 0 aliphatic carbocycles. The number of nitrogens with zero attached hydrogens (tertiary/aromatic N) is 1. The number of hydrogen-bond acceptors (Lipinski definition) is 5. The fourth-order valence-corrected chi connectivity index (χ4v) is 1.88. The third-order valence-electron chi connectivity index (χ3n) is 2.65. The van der Waals surface area contributed by atoms with Crippen LogP contribution in [-0.4, -0.2) is 10.8 Å². The van der Waals surface area contributed by atoms with Gasteiger partial charge in [-0.15, -0.1) is 0 Å². The summed E-state index contributed by atoms with van der Waals surface area (Å²) in [6.45, 7) is 3.68. The molecule has 1 aliphatic rings. The molecule has 0 amide bonds. The number of anilines is 1. The van der Waals surface area contributed by atoms with Crippen molar-refractivity contribution in [3.8, 4) is 23.1 Å². The average Bonchev–Trinajstić information content (AvgIpc) is 2.67. The van der Waals surface area contributed by atoms with Crippen molar-refractivity contribution in [1.29, 1.82) is 0 Å². The first-order valence-electron chi connectivity index (χ1n) is 5.94. The summed E-state index contributed by atoms with van der Waals surface area (Å²) in [7, 11) is 0. The van der Waals surface area contributed by atoms with Gasteiger partial charge in [0.05, 0.1) is 5.69 Å². The molecule has 1 aromatic heterocycles. The maximum Gasteiger partial charge on any atom is 0.246 e. The van der Waals surface area contributed by atoms with Gasteiger partial charge in [-0.25, -0.2) is 4.98 Å². The third-order valence-corrected chi connectivity index (χ3v) is 2.65. The molecule has 1 aliphatic heterocycles. The van der Waals surface area contributed by atoms with E-state index < -0.39 is 5.79 Å². The summed E-state index contributed by atoms with van der Waals surface area (Å²) in [5.41, 5.74) is 6.28. The predicted molar refractivity (Wildman–Crippen MR) is 70.5 cm³/mol. The molecule has 1 aromatic carbocycles. The fraction of sp³-hybridized carbons (Fsp3) is 0.214. The summed E-state index contributed by atoms with van der Waals surface area (Å²) < 4.78 is 17.1. The molecular weight excluding hydrogens is 244 g/mol. The van der Waals surface area contributed by atoms with E-state index in [-0.39, 0.29) is 0 Å². The number of para-hydroxylation sites is 1. The second kappa shape index (κ2) is 4.05. The molecule has 2 aromatic rings. The van der Waals surface area contributed by atoms with Crippen molar-refractivity contribution < 1.29 is 14.2 Å². The van der Waals surface area contributed by atoms with Gasteiger partial charge < -0.3 is 19.9 Å². The molecule has 98 valence electrons. The minimum atomic E-state index is -0.697. The smallest absolute Gasteiger partial charge is 0.246 e. The van der Waals surface area contributed by atoms with Crippen molar-refractivity contribution in [2.75, 3.05) is 5.73 Å². The third kappa shape index (κ3) is 2.14. The number of aromatic nitrogens is 1. The first kappa shape index (κ1) is 11.6. The molecule has 3 rings (SSSR count). The van der Waals surface area contributed by atoms with E-state index in [1.165, 1.54) is 0 Å². The van der Waals surface area contributed by atoms with Crippen molar-refractivity contribution in [3.63, 3.8) is 0 Å². The molecule has 0 unspecified atom stereocenters. The largest absolute Gasteiger partial charge is 0.449 e. The van der Waals surface area contributed by atoms with Crippen LogP contribution in [0.15, 0.2) is 36.5 Å². The van der Waals surface area contributed by atoms with E-state index in [2.05, 4.69) is 4.98 Å². The van der Waals surface area contributed by atoms with E-state index in [1.807, 2.05) is 26.0 Å². The van der Waals surface area contributed by atoms with Gasteiger partial charge in [0.1, 0.15) is 0 Å². The molecule has 0 fully saturated rings. The van der Waals surface area contributed by atoms with E-state index >= 15 is 0 Å². The van der Waals surface area contributed by atoms with Crippen molar-refractivity contribution >= 4 is 5.69 Å². The van der Waals surface area contributed by atoms with Crippen molar-refractivity contribution in [2.24, 2.45) is 0 Å². The summed E-state index contributed by atoms with van der Waals surface area (Å²) in [5.74, 6) is 1.41. The molecular formula is C14H14N2O3. The summed E-state index contributed by atoms with van der Waals surface area (Å²) in [4.78, 5) is 4.09. The molecule has 2 heterocycles. The van der Waals surface area contributed by atoms with E-state index in [0.29, 0.717) is 28.8 Å². The first-order chi connectivity index (χ1) is 9.05. The molecule has 5 nitrogen and oxygen atoms in total. The van der Waals surface area contributed by atoms with Gasteiger partial charge in [-0.2, -0.15) is 0 Å². The van der Waals surface area contributed by atoms with Crippen LogP contribution in [0.25, 0.3) is 0 Å². The Bertz CT molecular complexity index is 626. The predicted octanol–water partition coefficient (Wildman–Crippen LogP) is 2.96. The van der Waals surface area contributed by atoms with Crippen LogP contribution in [0.2, 0.25) is 0 Å². The lowest BCUT2D eigenvalue weighted by molar-refractivity contribution is -0.0438. The highest BCUT2D eigenvalue weighted by atomic mass is 16.7. The summed E-state index contributed by atoms with van der Waals surface area (Å²) in [5, 5.41) is 0. The maximum atomic E-state index is 5.81. The average molecular weight is 258 g/mol. The molecule has 0 atom stereocenters. The Labute approximate surface area is 110 Å². The lowest BCUT2D eigenvalue weighted by Gasteiger charge is -2.16. The van der Waals surface area contributed by atoms with Gasteiger partial charge in [-0.05, 0) is 24.3 Å². The second-order valence-electron chi connectivity index (χ2n) is 4.69. The number of rotatable bonds is 2. The van der Waals surface area contributed by atoms with Crippen LogP contribution in [0, 0.1) is 0 Å². The molecule has 0 bridgehead atoms. The Kier molecular flexibility index (Phi) is 2.48. The number of ether oxygens (including phenoxy) is 3. The standard InChI is InChI=1S/C14H14N2O3/c1-14(2)18-11-7-3-6-10(12(11)19-14)17-13-9(15)5-4-8-16-13/h3-8H,15H2,1-2H3.